The van der Waals surface area contributed by atoms with Gasteiger partial charge in [-0.25, -0.2) is 8.78 Å². The number of benzene rings is 1. The van der Waals surface area contributed by atoms with Crippen LogP contribution in [0.2, 0.25) is 0 Å². The molecule has 1 N–H and O–H groups in total. The maximum atomic E-state index is 13.8. The van der Waals surface area contributed by atoms with Gasteiger partial charge in [-0.1, -0.05) is 6.07 Å². The van der Waals surface area contributed by atoms with Crippen molar-refractivity contribution in [1.82, 2.24) is 4.90 Å². The summed E-state index contributed by atoms with van der Waals surface area (Å²) in [6.45, 7) is 4.33. The van der Waals surface area contributed by atoms with E-state index in [9.17, 15) is 18.7 Å². The fourth-order valence-electron chi connectivity index (χ4n) is 2.92. The van der Waals surface area contributed by atoms with Crippen LogP contribution in [0.1, 0.15) is 38.2 Å². The molecular formula is C16H21F2NO2. The van der Waals surface area contributed by atoms with E-state index in [4.69, 9.17) is 0 Å². The second-order valence-corrected chi connectivity index (χ2v) is 5.76. The second kappa shape index (κ2) is 6.52. The lowest BCUT2D eigenvalue weighted by Crippen LogP contribution is -2.42. The van der Waals surface area contributed by atoms with Gasteiger partial charge in [0.1, 0.15) is 11.6 Å². The number of rotatable bonds is 3. The molecule has 5 heteroatoms. The molecule has 0 saturated carbocycles. The van der Waals surface area contributed by atoms with E-state index in [1.807, 2.05) is 0 Å². The molecule has 0 spiro atoms. The summed E-state index contributed by atoms with van der Waals surface area (Å²) in [5.41, 5.74) is -0.167. The number of hydrogen-bond donors (Lipinski definition) is 1. The molecule has 2 unspecified atom stereocenters. The summed E-state index contributed by atoms with van der Waals surface area (Å²) in [5.74, 6) is -2.28. The molecule has 1 aromatic carbocycles. The van der Waals surface area contributed by atoms with Gasteiger partial charge < -0.3 is 10.0 Å². The highest BCUT2D eigenvalue weighted by Crippen LogP contribution is 2.27. The highest BCUT2D eigenvalue weighted by atomic mass is 19.1. The summed E-state index contributed by atoms with van der Waals surface area (Å²) >= 11 is 0. The lowest BCUT2D eigenvalue weighted by Gasteiger charge is -2.34. The SMILES string of the molecule is CC(C(=O)N1CCC(C(C)O)CC1)c1c(F)cccc1F. The van der Waals surface area contributed by atoms with Gasteiger partial charge in [0, 0.05) is 18.7 Å². The Morgan fingerprint density at radius 2 is 1.76 bits per heavy atom. The number of carbonyl (C=O) groups is 1. The van der Waals surface area contributed by atoms with E-state index in [2.05, 4.69) is 0 Å². The van der Waals surface area contributed by atoms with Crippen LogP contribution < -0.4 is 0 Å². The molecule has 116 valence electrons. The average molecular weight is 297 g/mol. The molecule has 1 heterocycles. The standard InChI is InChI=1S/C16H21F2NO2/c1-10(15-13(17)4-3-5-14(15)18)16(21)19-8-6-12(7-9-19)11(2)20/h3-5,10-12,20H,6-9H2,1-2H3. The van der Waals surface area contributed by atoms with Crippen molar-refractivity contribution < 1.29 is 18.7 Å². The second-order valence-electron chi connectivity index (χ2n) is 5.76. The molecule has 1 fully saturated rings. The first-order chi connectivity index (χ1) is 9.91. The van der Waals surface area contributed by atoms with Crippen LogP contribution in [0.15, 0.2) is 18.2 Å². The van der Waals surface area contributed by atoms with Gasteiger partial charge in [-0.15, -0.1) is 0 Å². The number of hydrogen-bond acceptors (Lipinski definition) is 2. The predicted octanol–water partition coefficient (Wildman–Crippen LogP) is 2.69. The number of carbonyl (C=O) groups excluding carboxylic acids is 1. The van der Waals surface area contributed by atoms with Crippen LogP contribution in [-0.2, 0) is 4.79 Å². The third-order valence-corrected chi connectivity index (χ3v) is 4.34. The van der Waals surface area contributed by atoms with Crippen molar-refractivity contribution in [3.8, 4) is 0 Å². The molecule has 2 rings (SSSR count). The third kappa shape index (κ3) is 3.40. The van der Waals surface area contributed by atoms with E-state index in [1.165, 1.54) is 25.1 Å². The molecule has 1 aromatic rings. The van der Waals surface area contributed by atoms with Crippen LogP contribution in [0.4, 0.5) is 8.78 Å². The zero-order chi connectivity index (χ0) is 15.6. The Morgan fingerprint density at radius 1 is 1.24 bits per heavy atom. The predicted molar refractivity (Wildman–Crippen MR) is 75.8 cm³/mol. The lowest BCUT2D eigenvalue weighted by molar-refractivity contribution is -0.134. The van der Waals surface area contributed by atoms with Crippen molar-refractivity contribution in [2.75, 3.05) is 13.1 Å². The lowest BCUT2D eigenvalue weighted by atomic mass is 9.90. The van der Waals surface area contributed by atoms with Crippen LogP contribution in [0, 0.1) is 17.6 Å². The number of halogens is 2. The summed E-state index contributed by atoms with van der Waals surface area (Å²) in [7, 11) is 0. The van der Waals surface area contributed by atoms with Gasteiger partial charge in [0.15, 0.2) is 0 Å². The number of aliphatic hydroxyl groups excluding tert-OH is 1. The Hall–Kier alpha value is -1.49. The monoisotopic (exact) mass is 297 g/mol. The maximum Gasteiger partial charge on any atom is 0.230 e. The largest absolute Gasteiger partial charge is 0.393 e. The molecule has 1 amide bonds. The van der Waals surface area contributed by atoms with Crippen LogP contribution >= 0.6 is 0 Å². The Bertz CT molecular complexity index is 491. The smallest absolute Gasteiger partial charge is 0.230 e. The Morgan fingerprint density at radius 3 is 2.24 bits per heavy atom. The van der Waals surface area contributed by atoms with Crippen molar-refractivity contribution in [2.45, 2.75) is 38.7 Å². The summed E-state index contributed by atoms with van der Waals surface area (Å²) in [4.78, 5) is 14.0. The summed E-state index contributed by atoms with van der Waals surface area (Å²) in [6, 6.07) is 3.63. The van der Waals surface area contributed by atoms with E-state index >= 15 is 0 Å². The number of likely N-dealkylation sites (tertiary alicyclic amines) is 1. The van der Waals surface area contributed by atoms with Crippen molar-refractivity contribution in [1.29, 1.82) is 0 Å². The normalized spacial score (nSPS) is 19.4. The van der Waals surface area contributed by atoms with E-state index in [0.29, 0.717) is 13.1 Å². The van der Waals surface area contributed by atoms with E-state index < -0.39 is 17.6 Å². The molecule has 0 bridgehead atoms. The highest BCUT2D eigenvalue weighted by molar-refractivity contribution is 5.83. The van der Waals surface area contributed by atoms with E-state index in [-0.39, 0.29) is 23.5 Å². The van der Waals surface area contributed by atoms with Gasteiger partial charge in [-0.05, 0) is 44.7 Å². The van der Waals surface area contributed by atoms with Crippen LogP contribution in [0.25, 0.3) is 0 Å². The molecule has 1 aliphatic rings. The molecule has 0 aliphatic carbocycles. The average Bonchev–Trinajstić information content (AvgIpc) is 2.46. The number of piperidine rings is 1. The van der Waals surface area contributed by atoms with Crippen LogP contribution in [0.5, 0.6) is 0 Å². The Kier molecular flexibility index (Phi) is 4.93. The molecule has 0 aromatic heterocycles. The fourth-order valence-corrected chi connectivity index (χ4v) is 2.92. The fraction of sp³-hybridized carbons (Fsp3) is 0.562. The minimum Gasteiger partial charge on any atom is -0.393 e. The van der Waals surface area contributed by atoms with Gasteiger partial charge in [0.2, 0.25) is 5.91 Å². The zero-order valence-electron chi connectivity index (χ0n) is 12.4. The first-order valence-corrected chi connectivity index (χ1v) is 7.32. The van der Waals surface area contributed by atoms with Gasteiger partial charge >= 0.3 is 0 Å². The zero-order valence-corrected chi connectivity index (χ0v) is 12.4. The van der Waals surface area contributed by atoms with Gasteiger partial charge in [0.25, 0.3) is 0 Å². The molecule has 3 nitrogen and oxygen atoms in total. The van der Waals surface area contributed by atoms with Gasteiger partial charge in [-0.2, -0.15) is 0 Å². The van der Waals surface area contributed by atoms with E-state index in [0.717, 1.165) is 12.8 Å². The third-order valence-electron chi connectivity index (χ3n) is 4.34. The quantitative estimate of drug-likeness (QED) is 0.932. The van der Waals surface area contributed by atoms with E-state index in [1.54, 1.807) is 11.8 Å². The van der Waals surface area contributed by atoms with Gasteiger partial charge in [0.05, 0.1) is 12.0 Å². The first-order valence-electron chi connectivity index (χ1n) is 7.32. The minimum atomic E-state index is -0.839. The molecule has 0 radical (unpaired) electrons. The van der Waals surface area contributed by atoms with Crippen LogP contribution in [-0.4, -0.2) is 35.1 Å². The maximum absolute atomic E-state index is 13.8. The summed E-state index contributed by atoms with van der Waals surface area (Å²) in [5, 5.41) is 9.56. The van der Waals surface area contributed by atoms with Gasteiger partial charge in [-0.3, -0.25) is 4.79 Å². The van der Waals surface area contributed by atoms with Crippen molar-refractivity contribution in [3.63, 3.8) is 0 Å². The molecule has 2 atom stereocenters. The molecule has 1 saturated heterocycles. The molecular weight excluding hydrogens is 276 g/mol. The summed E-state index contributed by atoms with van der Waals surface area (Å²) < 4.78 is 27.5. The highest BCUT2D eigenvalue weighted by Gasteiger charge is 2.30. The number of aliphatic hydroxyl groups is 1. The number of amides is 1. The minimum absolute atomic E-state index is 0.167. The molecule has 1 aliphatic heterocycles. The van der Waals surface area contributed by atoms with Crippen molar-refractivity contribution >= 4 is 5.91 Å². The van der Waals surface area contributed by atoms with Crippen molar-refractivity contribution in [3.05, 3.63) is 35.4 Å². The Balaban J connectivity index is 2.07. The van der Waals surface area contributed by atoms with Crippen molar-refractivity contribution in [2.24, 2.45) is 5.92 Å². The first kappa shape index (κ1) is 15.9. The molecule has 21 heavy (non-hydrogen) atoms. The van der Waals surface area contributed by atoms with Crippen LogP contribution in [0.3, 0.4) is 0 Å². The topological polar surface area (TPSA) is 40.5 Å². The summed E-state index contributed by atoms with van der Waals surface area (Å²) in [6.07, 6.45) is 1.05. The number of nitrogens with zero attached hydrogens (tertiary/aromatic N) is 1. The Labute approximate surface area is 123 Å².